The predicted molar refractivity (Wildman–Crippen MR) is 54.2 cm³/mol. The minimum Gasteiger partial charge on any atom is -0.384 e. The molecule has 0 unspecified atom stereocenters. The Kier molecular flexibility index (Phi) is 5.39. The molecule has 0 saturated carbocycles. The molecule has 6 heteroatoms. The van der Waals surface area contributed by atoms with Crippen LogP contribution in [-0.2, 0) is 16.0 Å². The molecule has 2 N–H and O–H groups in total. The van der Waals surface area contributed by atoms with Gasteiger partial charge in [-0.25, -0.2) is 4.98 Å². The smallest absolute Gasteiger partial charge is 0.222 e. The zero-order valence-electron chi connectivity index (χ0n) is 8.82. The van der Waals surface area contributed by atoms with Gasteiger partial charge in [0.25, 0.3) is 0 Å². The van der Waals surface area contributed by atoms with E-state index in [1.165, 1.54) is 6.33 Å². The lowest BCUT2D eigenvalue weighted by Gasteiger charge is -2.03. The van der Waals surface area contributed by atoms with Gasteiger partial charge in [-0.3, -0.25) is 9.89 Å². The number of carbonyl (C=O) groups is 1. The second-order valence-electron chi connectivity index (χ2n) is 3.13. The second-order valence-corrected chi connectivity index (χ2v) is 3.13. The van der Waals surface area contributed by atoms with E-state index < -0.39 is 0 Å². The first-order valence-electron chi connectivity index (χ1n) is 4.93. The molecule has 0 saturated heterocycles. The molecule has 0 radical (unpaired) electrons. The highest BCUT2D eigenvalue weighted by Crippen LogP contribution is 1.91. The maximum Gasteiger partial charge on any atom is 0.222 e. The number of nitrogens with zero attached hydrogens (tertiary/aromatic N) is 2. The summed E-state index contributed by atoms with van der Waals surface area (Å²) >= 11 is 0. The minimum atomic E-state index is 0.0226. The normalized spacial score (nSPS) is 10.2. The van der Waals surface area contributed by atoms with E-state index in [1.54, 1.807) is 7.11 Å². The third-order valence-electron chi connectivity index (χ3n) is 1.91. The molecule has 0 aliphatic rings. The number of amides is 1. The van der Waals surface area contributed by atoms with Crippen LogP contribution in [0.15, 0.2) is 6.33 Å². The summed E-state index contributed by atoms with van der Waals surface area (Å²) in [7, 11) is 1.58. The number of rotatable bonds is 7. The lowest BCUT2D eigenvalue weighted by molar-refractivity contribution is -0.121. The van der Waals surface area contributed by atoms with Gasteiger partial charge >= 0.3 is 0 Å². The van der Waals surface area contributed by atoms with E-state index in [4.69, 9.17) is 4.74 Å². The molecule has 0 aliphatic carbocycles. The molecule has 84 valence electrons. The van der Waals surface area contributed by atoms with Gasteiger partial charge in [0.2, 0.25) is 5.91 Å². The highest BCUT2D eigenvalue weighted by atomic mass is 16.5. The van der Waals surface area contributed by atoms with Crippen molar-refractivity contribution in [2.24, 2.45) is 0 Å². The lowest BCUT2D eigenvalue weighted by Crippen LogP contribution is -2.25. The van der Waals surface area contributed by atoms with Gasteiger partial charge in [-0.2, -0.15) is 5.10 Å². The molecule has 0 spiro atoms. The van der Waals surface area contributed by atoms with Gasteiger partial charge < -0.3 is 10.1 Å². The first kappa shape index (κ1) is 11.6. The molecule has 0 atom stereocenters. The summed E-state index contributed by atoms with van der Waals surface area (Å²) < 4.78 is 4.79. The molecule has 0 fully saturated rings. The van der Waals surface area contributed by atoms with Crippen molar-refractivity contribution < 1.29 is 9.53 Å². The van der Waals surface area contributed by atoms with Crippen LogP contribution in [0.5, 0.6) is 0 Å². The third kappa shape index (κ3) is 5.11. The van der Waals surface area contributed by atoms with E-state index in [0.717, 1.165) is 18.7 Å². The Morgan fingerprint density at radius 2 is 2.53 bits per heavy atom. The SMILES string of the molecule is COCCC(=O)NCCCc1ncn[nH]1. The first-order chi connectivity index (χ1) is 7.33. The lowest BCUT2D eigenvalue weighted by atomic mass is 10.3. The summed E-state index contributed by atoms with van der Waals surface area (Å²) in [5.41, 5.74) is 0. The number of carbonyl (C=O) groups excluding carboxylic acids is 1. The predicted octanol–water partition coefficient (Wildman–Crippen LogP) is -0.110. The maximum absolute atomic E-state index is 11.1. The van der Waals surface area contributed by atoms with E-state index in [2.05, 4.69) is 20.5 Å². The number of aromatic amines is 1. The van der Waals surface area contributed by atoms with Crippen LogP contribution >= 0.6 is 0 Å². The van der Waals surface area contributed by atoms with E-state index in [-0.39, 0.29) is 5.91 Å². The zero-order chi connectivity index (χ0) is 10.9. The van der Waals surface area contributed by atoms with Gasteiger partial charge in [-0.15, -0.1) is 0 Å². The Balaban J connectivity index is 1.99. The van der Waals surface area contributed by atoms with Gasteiger partial charge in [-0.1, -0.05) is 0 Å². The standard InChI is InChI=1S/C9H16N4O2/c1-15-6-4-9(14)10-5-2-3-8-11-7-12-13-8/h7H,2-6H2,1H3,(H,10,14)(H,11,12,13). The Hall–Kier alpha value is -1.43. The molecule has 0 aliphatic heterocycles. The molecule has 15 heavy (non-hydrogen) atoms. The molecule has 1 aromatic rings. The van der Waals surface area contributed by atoms with Gasteiger partial charge in [-0.05, 0) is 6.42 Å². The van der Waals surface area contributed by atoms with Crippen molar-refractivity contribution in [1.82, 2.24) is 20.5 Å². The monoisotopic (exact) mass is 212 g/mol. The van der Waals surface area contributed by atoms with Crippen molar-refractivity contribution in [3.8, 4) is 0 Å². The van der Waals surface area contributed by atoms with E-state index in [9.17, 15) is 4.79 Å². The molecular formula is C9H16N4O2. The molecule has 0 bridgehead atoms. The van der Waals surface area contributed by atoms with Crippen LogP contribution < -0.4 is 5.32 Å². The number of methoxy groups -OCH3 is 1. The van der Waals surface area contributed by atoms with Gasteiger partial charge in [0, 0.05) is 26.5 Å². The second kappa shape index (κ2) is 6.94. The topological polar surface area (TPSA) is 79.9 Å². The van der Waals surface area contributed by atoms with Gasteiger partial charge in [0.05, 0.1) is 6.61 Å². The molecule has 1 heterocycles. The van der Waals surface area contributed by atoms with Crippen molar-refractivity contribution in [1.29, 1.82) is 0 Å². The number of aryl methyl sites for hydroxylation is 1. The largest absolute Gasteiger partial charge is 0.384 e. The number of hydrogen-bond acceptors (Lipinski definition) is 4. The van der Waals surface area contributed by atoms with Gasteiger partial charge in [0.1, 0.15) is 12.2 Å². The quantitative estimate of drug-likeness (QED) is 0.618. The Morgan fingerprint density at radius 3 is 3.20 bits per heavy atom. The summed E-state index contributed by atoms with van der Waals surface area (Å²) in [5.74, 6) is 0.871. The average molecular weight is 212 g/mol. The Morgan fingerprint density at radius 1 is 1.67 bits per heavy atom. The van der Waals surface area contributed by atoms with Crippen molar-refractivity contribution in [3.63, 3.8) is 0 Å². The van der Waals surface area contributed by atoms with Crippen molar-refractivity contribution in [3.05, 3.63) is 12.2 Å². The maximum atomic E-state index is 11.1. The minimum absolute atomic E-state index is 0.0226. The highest BCUT2D eigenvalue weighted by molar-refractivity contribution is 5.75. The third-order valence-corrected chi connectivity index (χ3v) is 1.91. The Bertz CT molecular complexity index is 274. The van der Waals surface area contributed by atoms with Crippen LogP contribution in [0.25, 0.3) is 0 Å². The number of aromatic nitrogens is 3. The van der Waals surface area contributed by atoms with Crippen LogP contribution in [0.4, 0.5) is 0 Å². The summed E-state index contributed by atoms with van der Waals surface area (Å²) in [6.45, 7) is 1.12. The summed E-state index contributed by atoms with van der Waals surface area (Å²) in [6.07, 6.45) is 3.55. The molecule has 0 aromatic carbocycles. The molecule has 6 nitrogen and oxygen atoms in total. The fraction of sp³-hybridized carbons (Fsp3) is 0.667. The average Bonchev–Trinajstić information content (AvgIpc) is 2.74. The van der Waals surface area contributed by atoms with E-state index >= 15 is 0 Å². The zero-order valence-corrected chi connectivity index (χ0v) is 8.82. The summed E-state index contributed by atoms with van der Waals surface area (Å²) in [6, 6.07) is 0. The summed E-state index contributed by atoms with van der Waals surface area (Å²) in [5, 5.41) is 9.30. The highest BCUT2D eigenvalue weighted by Gasteiger charge is 2.00. The van der Waals surface area contributed by atoms with E-state index in [1.807, 2.05) is 0 Å². The number of nitrogens with one attached hydrogen (secondary N) is 2. The van der Waals surface area contributed by atoms with E-state index in [0.29, 0.717) is 19.6 Å². The van der Waals surface area contributed by atoms with Crippen molar-refractivity contribution in [2.45, 2.75) is 19.3 Å². The van der Waals surface area contributed by atoms with Crippen LogP contribution in [0.3, 0.4) is 0 Å². The molecular weight excluding hydrogens is 196 g/mol. The van der Waals surface area contributed by atoms with Crippen LogP contribution in [0, 0.1) is 0 Å². The fourth-order valence-corrected chi connectivity index (χ4v) is 1.12. The van der Waals surface area contributed by atoms with Crippen LogP contribution in [-0.4, -0.2) is 41.3 Å². The number of H-pyrrole nitrogens is 1. The number of hydrogen-bond donors (Lipinski definition) is 2. The van der Waals surface area contributed by atoms with Crippen LogP contribution in [0.2, 0.25) is 0 Å². The first-order valence-corrected chi connectivity index (χ1v) is 4.93. The molecule has 1 rings (SSSR count). The summed E-state index contributed by atoms with van der Waals surface area (Å²) in [4.78, 5) is 15.1. The Labute approximate surface area is 88.4 Å². The number of ether oxygens (including phenoxy) is 1. The molecule has 1 amide bonds. The van der Waals surface area contributed by atoms with Crippen LogP contribution in [0.1, 0.15) is 18.7 Å². The fourth-order valence-electron chi connectivity index (χ4n) is 1.12. The van der Waals surface area contributed by atoms with Gasteiger partial charge in [0.15, 0.2) is 0 Å². The van der Waals surface area contributed by atoms with Crippen molar-refractivity contribution >= 4 is 5.91 Å². The van der Waals surface area contributed by atoms with Crippen molar-refractivity contribution in [2.75, 3.05) is 20.3 Å². The molecule has 1 aromatic heterocycles.